The summed E-state index contributed by atoms with van der Waals surface area (Å²) in [4.78, 5) is 11.3. The van der Waals surface area contributed by atoms with Crippen LogP contribution in [0.1, 0.15) is 30.9 Å². The highest BCUT2D eigenvalue weighted by atomic mass is 16.5. The summed E-state index contributed by atoms with van der Waals surface area (Å²) < 4.78 is 5.19. The highest BCUT2D eigenvalue weighted by Gasteiger charge is 2.55. The van der Waals surface area contributed by atoms with Crippen molar-refractivity contribution in [2.45, 2.75) is 37.7 Å². The standard InChI is InChI=1S/C14H18O3/c1-3-10-6-4-5-7-11(10)14(8-9-14)12(17-2)13(15)16/h4-7,12H,3,8-9H2,1-2H3,(H,15,16). The van der Waals surface area contributed by atoms with Crippen molar-refractivity contribution >= 4 is 5.97 Å². The van der Waals surface area contributed by atoms with Crippen LogP contribution in [0.15, 0.2) is 24.3 Å². The highest BCUT2D eigenvalue weighted by molar-refractivity contribution is 5.76. The average molecular weight is 234 g/mol. The predicted molar refractivity (Wildman–Crippen MR) is 65.2 cm³/mol. The zero-order valence-electron chi connectivity index (χ0n) is 10.3. The van der Waals surface area contributed by atoms with Gasteiger partial charge in [0, 0.05) is 12.5 Å². The summed E-state index contributed by atoms with van der Waals surface area (Å²) >= 11 is 0. The molecule has 0 amide bonds. The fraction of sp³-hybridized carbons (Fsp3) is 0.500. The van der Waals surface area contributed by atoms with E-state index in [0.717, 1.165) is 24.8 Å². The monoisotopic (exact) mass is 234 g/mol. The Morgan fingerprint density at radius 3 is 2.59 bits per heavy atom. The smallest absolute Gasteiger partial charge is 0.333 e. The van der Waals surface area contributed by atoms with Crippen molar-refractivity contribution in [3.05, 3.63) is 35.4 Å². The van der Waals surface area contributed by atoms with Crippen LogP contribution in [-0.2, 0) is 21.4 Å². The average Bonchev–Trinajstić information content (AvgIpc) is 3.11. The third-order valence-corrected chi connectivity index (χ3v) is 3.69. The van der Waals surface area contributed by atoms with Crippen LogP contribution in [-0.4, -0.2) is 24.3 Å². The summed E-state index contributed by atoms with van der Waals surface area (Å²) in [7, 11) is 1.48. The third kappa shape index (κ3) is 1.95. The van der Waals surface area contributed by atoms with Gasteiger partial charge in [0.2, 0.25) is 0 Å². The second kappa shape index (κ2) is 4.49. The van der Waals surface area contributed by atoms with Gasteiger partial charge in [0.1, 0.15) is 0 Å². The summed E-state index contributed by atoms with van der Waals surface area (Å²) in [5.41, 5.74) is 2.08. The van der Waals surface area contributed by atoms with Crippen LogP contribution >= 0.6 is 0 Å². The normalized spacial score (nSPS) is 18.7. The Morgan fingerprint density at radius 1 is 1.47 bits per heavy atom. The molecule has 0 saturated heterocycles. The van der Waals surface area contributed by atoms with Crippen molar-refractivity contribution in [1.82, 2.24) is 0 Å². The maximum absolute atomic E-state index is 11.3. The minimum absolute atomic E-state index is 0.298. The van der Waals surface area contributed by atoms with Crippen LogP contribution in [0.4, 0.5) is 0 Å². The molecule has 1 fully saturated rings. The number of carboxylic acid groups (broad SMARTS) is 1. The predicted octanol–water partition coefficient (Wildman–Crippen LogP) is 2.38. The number of aliphatic carboxylic acids is 1. The molecule has 17 heavy (non-hydrogen) atoms. The lowest BCUT2D eigenvalue weighted by atomic mass is 9.85. The van der Waals surface area contributed by atoms with E-state index in [0.29, 0.717) is 0 Å². The maximum atomic E-state index is 11.3. The summed E-state index contributed by atoms with van der Waals surface area (Å²) in [6.45, 7) is 2.09. The van der Waals surface area contributed by atoms with E-state index < -0.39 is 12.1 Å². The Morgan fingerprint density at radius 2 is 2.12 bits per heavy atom. The summed E-state index contributed by atoms with van der Waals surface area (Å²) in [5.74, 6) is -0.865. The van der Waals surface area contributed by atoms with Crippen LogP contribution in [0.5, 0.6) is 0 Å². The molecule has 92 valence electrons. The van der Waals surface area contributed by atoms with E-state index in [4.69, 9.17) is 4.74 Å². The first kappa shape index (κ1) is 12.1. The number of methoxy groups -OCH3 is 1. The summed E-state index contributed by atoms with van der Waals surface area (Å²) in [5, 5.41) is 9.25. The molecule has 0 aliphatic heterocycles. The molecule has 1 aromatic carbocycles. The fourth-order valence-electron chi connectivity index (χ4n) is 2.68. The number of aryl methyl sites for hydroxylation is 1. The van der Waals surface area contributed by atoms with Crippen LogP contribution in [0.3, 0.4) is 0 Å². The number of ether oxygens (including phenoxy) is 1. The topological polar surface area (TPSA) is 46.5 Å². The first-order chi connectivity index (χ1) is 8.15. The lowest BCUT2D eigenvalue weighted by Crippen LogP contribution is -2.36. The summed E-state index contributed by atoms with van der Waals surface area (Å²) in [6.07, 6.45) is 1.99. The Balaban J connectivity index is 2.41. The molecule has 1 unspecified atom stereocenters. The first-order valence-corrected chi connectivity index (χ1v) is 5.99. The van der Waals surface area contributed by atoms with Crippen LogP contribution in [0, 0.1) is 0 Å². The van der Waals surface area contributed by atoms with Crippen molar-refractivity contribution in [1.29, 1.82) is 0 Å². The number of carboxylic acids is 1. The lowest BCUT2D eigenvalue weighted by molar-refractivity contribution is -0.150. The van der Waals surface area contributed by atoms with Gasteiger partial charge in [-0.2, -0.15) is 0 Å². The molecule has 0 heterocycles. The molecule has 3 heteroatoms. The Hall–Kier alpha value is -1.35. The number of carbonyl (C=O) groups is 1. The number of hydrogen-bond donors (Lipinski definition) is 1. The molecule has 0 aromatic heterocycles. The van der Waals surface area contributed by atoms with Crippen molar-refractivity contribution in [3.8, 4) is 0 Å². The molecule has 0 bridgehead atoms. The molecule has 1 saturated carbocycles. The first-order valence-electron chi connectivity index (χ1n) is 5.99. The van der Waals surface area contributed by atoms with Crippen LogP contribution in [0.2, 0.25) is 0 Å². The molecule has 1 N–H and O–H groups in total. The van der Waals surface area contributed by atoms with Crippen LogP contribution in [0.25, 0.3) is 0 Å². The van der Waals surface area contributed by atoms with Gasteiger partial charge in [-0.3, -0.25) is 0 Å². The molecule has 3 nitrogen and oxygen atoms in total. The van der Waals surface area contributed by atoms with E-state index in [9.17, 15) is 9.90 Å². The van der Waals surface area contributed by atoms with Gasteiger partial charge >= 0.3 is 5.97 Å². The lowest BCUT2D eigenvalue weighted by Gasteiger charge is -2.24. The Labute approximate surface area is 101 Å². The molecule has 1 aromatic rings. The van der Waals surface area contributed by atoms with Gasteiger partial charge in [-0.05, 0) is 30.4 Å². The van der Waals surface area contributed by atoms with E-state index in [-0.39, 0.29) is 5.41 Å². The van der Waals surface area contributed by atoms with Crippen molar-refractivity contribution < 1.29 is 14.6 Å². The van der Waals surface area contributed by atoms with Crippen molar-refractivity contribution in [2.24, 2.45) is 0 Å². The van der Waals surface area contributed by atoms with Gasteiger partial charge in [-0.25, -0.2) is 4.79 Å². The van der Waals surface area contributed by atoms with E-state index in [2.05, 4.69) is 13.0 Å². The number of benzene rings is 1. The maximum Gasteiger partial charge on any atom is 0.333 e. The number of rotatable bonds is 5. The molecule has 1 aliphatic carbocycles. The van der Waals surface area contributed by atoms with Gasteiger partial charge in [0.15, 0.2) is 6.10 Å². The molecule has 0 spiro atoms. The molecular formula is C14H18O3. The second-order valence-electron chi connectivity index (χ2n) is 4.62. The molecular weight excluding hydrogens is 216 g/mol. The zero-order valence-corrected chi connectivity index (χ0v) is 10.3. The SMILES string of the molecule is CCc1ccccc1C1(C(OC)C(=O)O)CC1. The Kier molecular flexibility index (Phi) is 3.20. The fourth-order valence-corrected chi connectivity index (χ4v) is 2.68. The van der Waals surface area contributed by atoms with Crippen LogP contribution < -0.4 is 0 Å². The molecule has 1 atom stereocenters. The minimum Gasteiger partial charge on any atom is -0.479 e. The van der Waals surface area contributed by atoms with Crippen molar-refractivity contribution in [2.75, 3.05) is 7.11 Å². The quantitative estimate of drug-likeness (QED) is 0.850. The van der Waals surface area contributed by atoms with Crippen molar-refractivity contribution in [3.63, 3.8) is 0 Å². The molecule has 0 radical (unpaired) electrons. The van der Waals surface area contributed by atoms with Gasteiger partial charge in [0.05, 0.1) is 0 Å². The second-order valence-corrected chi connectivity index (χ2v) is 4.62. The van der Waals surface area contributed by atoms with Gasteiger partial charge in [-0.1, -0.05) is 31.2 Å². The number of hydrogen-bond acceptors (Lipinski definition) is 2. The molecule has 2 rings (SSSR count). The van der Waals surface area contributed by atoms with E-state index in [1.807, 2.05) is 18.2 Å². The van der Waals surface area contributed by atoms with E-state index >= 15 is 0 Å². The summed E-state index contributed by atoms with van der Waals surface area (Å²) in [6, 6.07) is 8.09. The van der Waals surface area contributed by atoms with Gasteiger partial charge in [-0.15, -0.1) is 0 Å². The van der Waals surface area contributed by atoms with Gasteiger partial charge < -0.3 is 9.84 Å². The van der Waals surface area contributed by atoms with E-state index in [1.165, 1.54) is 12.7 Å². The minimum atomic E-state index is -0.865. The Bertz CT molecular complexity index is 421. The highest BCUT2D eigenvalue weighted by Crippen LogP contribution is 2.53. The molecule has 1 aliphatic rings. The zero-order chi connectivity index (χ0) is 12.5. The van der Waals surface area contributed by atoms with E-state index in [1.54, 1.807) is 0 Å². The largest absolute Gasteiger partial charge is 0.479 e. The third-order valence-electron chi connectivity index (χ3n) is 3.69. The van der Waals surface area contributed by atoms with Gasteiger partial charge in [0.25, 0.3) is 0 Å².